The number of aromatic nitrogens is 1. The zero-order valence-electron chi connectivity index (χ0n) is 12.2. The van der Waals surface area contributed by atoms with Gasteiger partial charge >= 0.3 is 5.97 Å². The highest BCUT2D eigenvalue weighted by Gasteiger charge is 2.30. The molecule has 4 nitrogen and oxygen atoms in total. The fourth-order valence-electron chi connectivity index (χ4n) is 1.84. The molecule has 0 N–H and O–H groups in total. The highest BCUT2D eigenvalue weighted by molar-refractivity contribution is 9.10. The van der Waals surface area contributed by atoms with Crippen LogP contribution in [0.2, 0.25) is 0 Å². The van der Waals surface area contributed by atoms with Crippen molar-refractivity contribution in [2.45, 2.75) is 26.2 Å². The van der Waals surface area contributed by atoms with Gasteiger partial charge in [0.2, 0.25) is 11.7 Å². The molecule has 6 heteroatoms. The molecule has 1 heterocycles. The maximum atomic E-state index is 14.1. The van der Waals surface area contributed by atoms with E-state index >= 15 is 0 Å². The molecule has 0 radical (unpaired) electrons. The number of rotatable bonds is 2. The largest absolute Gasteiger partial charge is 0.463 e. The van der Waals surface area contributed by atoms with Crippen molar-refractivity contribution in [2.75, 3.05) is 7.11 Å². The third kappa shape index (κ3) is 3.00. The molecule has 112 valence electrons. The summed E-state index contributed by atoms with van der Waals surface area (Å²) in [5.74, 6) is -1.07. The first kappa shape index (κ1) is 15.7. The van der Waals surface area contributed by atoms with Crippen LogP contribution in [-0.4, -0.2) is 18.1 Å². The monoisotopic (exact) mass is 355 g/mol. The Balaban J connectivity index is 2.64. The zero-order chi connectivity index (χ0) is 15.8. The van der Waals surface area contributed by atoms with Gasteiger partial charge in [0, 0.05) is 5.41 Å². The van der Waals surface area contributed by atoms with Crippen LogP contribution >= 0.6 is 15.9 Å². The summed E-state index contributed by atoms with van der Waals surface area (Å²) in [5, 5.41) is 0. The van der Waals surface area contributed by atoms with Gasteiger partial charge in [0.15, 0.2) is 0 Å². The average molecular weight is 356 g/mol. The van der Waals surface area contributed by atoms with Crippen LogP contribution in [-0.2, 0) is 10.2 Å². The second-order valence-electron chi connectivity index (χ2n) is 5.54. The van der Waals surface area contributed by atoms with Gasteiger partial charge in [-0.1, -0.05) is 26.8 Å². The summed E-state index contributed by atoms with van der Waals surface area (Å²) in [6.07, 6.45) is 0. The number of ether oxygens (including phenoxy) is 1. The van der Waals surface area contributed by atoms with Crippen LogP contribution in [0.5, 0.6) is 0 Å². The van der Waals surface area contributed by atoms with E-state index in [1.54, 1.807) is 18.2 Å². The number of carbonyl (C=O) groups is 1. The minimum absolute atomic E-state index is 0.000578. The maximum Gasteiger partial charge on any atom is 0.376 e. The lowest BCUT2D eigenvalue weighted by molar-refractivity contribution is 0.0562. The summed E-state index contributed by atoms with van der Waals surface area (Å²) in [4.78, 5) is 16.1. The summed E-state index contributed by atoms with van der Waals surface area (Å²) in [6, 6.07) is 4.79. The lowest BCUT2D eigenvalue weighted by Crippen LogP contribution is -2.17. The Hall–Kier alpha value is -1.69. The molecule has 0 atom stereocenters. The van der Waals surface area contributed by atoms with Crippen LogP contribution in [0, 0.1) is 5.82 Å². The Morgan fingerprint density at radius 3 is 2.62 bits per heavy atom. The van der Waals surface area contributed by atoms with Gasteiger partial charge in [0.05, 0.1) is 17.1 Å². The molecule has 1 aromatic carbocycles. The molecule has 0 fully saturated rings. The molecule has 1 aromatic heterocycles. The second kappa shape index (κ2) is 5.60. The number of hydrogen-bond acceptors (Lipinski definition) is 4. The average Bonchev–Trinajstić information content (AvgIpc) is 2.86. The van der Waals surface area contributed by atoms with E-state index in [-0.39, 0.29) is 17.2 Å². The minimum Gasteiger partial charge on any atom is -0.463 e. The fraction of sp³-hybridized carbons (Fsp3) is 0.333. The van der Waals surface area contributed by atoms with Gasteiger partial charge in [0.1, 0.15) is 11.5 Å². The number of nitrogens with zero attached hydrogens (tertiary/aromatic N) is 1. The Morgan fingerprint density at radius 2 is 2.05 bits per heavy atom. The predicted molar refractivity (Wildman–Crippen MR) is 79.6 cm³/mol. The van der Waals surface area contributed by atoms with Gasteiger partial charge in [-0.15, -0.1) is 0 Å². The highest BCUT2D eigenvalue weighted by atomic mass is 79.9. The van der Waals surface area contributed by atoms with E-state index in [0.717, 1.165) is 0 Å². The van der Waals surface area contributed by atoms with Crippen LogP contribution in [0.25, 0.3) is 11.5 Å². The maximum absolute atomic E-state index is 14.1. The summed E-state index contributed by atoms with van der Waals surface area (Å²) in [7, 11) is 1.26. The van der Waals surface area contributed by atoms with E-state index < -0.39 is 17.2 Å². The van der Waals surface area contributed by atoms with Crippen molar-refractivity contribution in [1.29, 1.82) is 0 Å². The van der Waals surface area contributed by atoms with Crippen molar-refractivity contribution in [3.63, 3.8) is 0 Å². The van der Waals surface area contributed by atoms with Crippen molar-refractivity contribution in [3.05, 3.63) is 39.9 Å². The number of carbonyl (C=O) groups excluding carboxylic acids is 1. The van der Waals surface area contributed by atoms with Gasteiger partial charge in [0.25, 0.3) is 0 Å². The van der Waals surface area contributed by atoms with Crippen molar-refractivity contribution in [1.82, 2.24) is 4.98 Å². The van der Waals surface area contributed by atoms with Crippen molar-refractivity contribution in [3.8, 4) is 11.5 Å². The Kier molecular flexibility index (Phi) is 4.18. The Morgan fingerprint density at radius 1 is 1.38 bits per heavy atom. The number of halogens is 2. The first-order valence-corrected chi connectivity index (χ1v) is 7.09. The summed E-state index contributed by atoms with van der Waals surface area (Å²) < 4.78 is 24.6. The van der Waals surface area contributed by atoms with Gasteiger partial charge in [-0.3, -0.25) is 0 Å². The van der Waals surface area contributed by atoms with Crippen molar-refractivity contribution < 1.29 is 18.3 Å². The first-order valence-electron chi connectivity index (χ1n) is 6.29. The normalized spacial score (nSPS) is 11.5. The molecule has 0 bridgehead atoms. The van der Waals surface area contributed by atoms with Crippen LogP contribution in [0.1, 0.15) is 37.0 Å². The van der Waals surface area contributed by atoms with Gasteiger partial charge in [-0.25, -0.2) is 14.2 Å². The van der Waals surface area contributed by atoms with E-state index in [2.05, 4.69) is 20.9 Å². The highest BCUT2D eigenvalue weighted by Crippen LogP contribution is 2.33. The fourth-order valence-corrected chi connectivity index (χ4v) is 2.21. The van der Waals surface area contributed by atoms with Crippen molar-refractivity contribution in [2.24, 2.45) is 0 Å². The standard InChI is InChI=1S/C15H15BrFNO3/c1-15(2,3)12-11(14(19)20-4)21-13(18-12)8-6-5-7-9(16)10(8)17/h5-7H,1-4H3. The molecule has 0 spiro atoms. The topological polar surface area (TPSA) is 52.3 Å². The molecule has 21 heavy (non-hydrogen) atoms. The molecule has 2 rings (SSSR count). The summed E-state index contributed by atoms with van der Waals surface area (Å²) in [5.41, 5.74) is 0.182. The van der Waals surface area contributed by atoms with Crippen LogP contribution in [0.3, 0.4) is 0 Å². The van der Waals surface area contributed by atoms with E-state index in [9.17, 15) is 9.18 Å². The van der Waals surface area contributed by atoms with Gasteiger partial charge < -0.3 is 9.15 Å². The molecule has 2 aromatic rings. The molecule has 0 amide bonds. The number of methoxy groups -OCH3 is 1. The molecule has 0 saturated heterocycles. The molecule has 0 aliphatic heterocycles. The smallest absolute Gasteiger partial charge is 0.376 e. The number of oxazole rings is 1. The van der Waals surface area contributed by atoms with Crippen molar-refractivity contribution >= 4 is 21.9 Å². The van der Waals surface area contributed by atoms with Crippen LogP contribution < -0.4 is 0 Å². The van der Waals surface area contributed by atoms with E-state index in [0.29, 0.717) is 10.2 Å². The minimum atomic E-state index is -0.630. The summed E-state index contributed by atoms with van der Waals surface area (Å²) >= 11 is 3.11. The quantitative estimate of drug-likeness (QED) is 0.752. The first-order chi connectivity index (χ1) is 9.75. The molecule has 0 unspecified atom stereocenters. The second-order valence-corrected chi connectivity index (χ2v) is 6.39. The lowest BCUT2D eigenvalue weighted by Gasteiger charge is -2.15. The van der Waals surface area contributed by atoms with Crippen LogP contribution in [0.15, 0.2) is 27.1 Å². The molecular weight excluding hydrogens is 341 g/mol. The van der Waals surface area contributed by atoms with Gasteiger partial charge in [-0.2, -0.15) is 0 Å². The molecule has 0 aliphatic carbocycles. The third-order valence-electron chi connectivity index (χ3n) is 2.89. The SMILES string of the molecule is COC(=O)c1oc(-c2cccc(Br)c2F)nc1C(C)(C)C. The molecule has 0 saturated carbocycles. The molecular formula is C15H15BrFNO3. The molecule has 0 aliphatic rings. The number of benzene rings is 1. The zero-order valence-corrected chi connectivity index (χ0v) is 13.7. The van der Waals surface area contributed by atoms with E-state index in [1.807, 2.05) is 20.8 Å². The van der Waals surface area contributed by atoms with Crippen LogP contribution in [0.4, 0.5) is 4.39 Å². The summed E-state index contributed by atoms with van der Waals surface area (Å²) in [6.45, 7) is 5.66. The third-order valence-corrected chi connectivity index (χ3v) is 3.50. The number of esters is 1. The van der Waals surface area contributed by atoms with E-state index in [4.69, 9.17) is 9.15 Å². The van der Waals surface area contributed by atoms with E-state index in [1.165, 1.54) is 7.11 Å². The number of hydrogen-bond donors (Lipinski definition) is 0. The Labute approximate surface area is 130 Å². The van der Waals surface area contributed by atoms with Gasteiger partial charge in [-0.05, 0) is 28.1 Å². The predicted octanol–water partition coefficient (Wildman–Crippen LogP) is 4.33. The Bertz CT molecular complexity index is 689. The lowest BCUT2D eigenvalue weighted by atomic mass is 9.91.